The Morgan fingerprint density at radius 1 is 1.06 bits per heavy atom. The van der Waals surface area contributed by atoms with Crippen LogP contribution in [-0.2, 0) is 16.0 Å². The average molecular weight is 235 g/mol. The van der Waals surface area contributed by atoms with Crippen molar-refractivity contribution >= 4 is 11.6 Å². The average Bonchev–Trinajstić information content (AvgIpc) is 2.36. The zero-order valence-electron chi connectivity index (χ0n) is 9.76. The Morgan fingerprint density at radius 2 is 1.65 bits per heavy atom. The van der Waals surface area contributed by atoms with Crippen molar-refractivity contribution in [3.8, 4) is 0 Å². The molecule has 1 aliphatic rings. The Balaban J connectivity index is 0.000000171. The normalized spacial score (nSPS) is 15.1. The lowest BCUT2D eigenvalue weighted by atomic mass is 9.98. The molecule has 92 valence electrons. The molecule has 2 rings (SSSR count). The minimum Gasteiger partial charge on any atom is -0.396 e. The number of aromatic nitrogens is 1. The summed E-state index contributed by atoms with van der Waals surface area (Å²) in [4.78, 5) is 24.9. The molecule has 0 amide bonds. The summed E-state index contributed by atoms with van der Waals surface area (Å²) in [6.07, 6.45) is 4.32. The zero-order chi connectivity index (χ0) is 12.5. The molecule has 1 N–H and O–H groups in total. The SMILES string of the molecule is O=C1CCC(=O)CC1.OCCc1ccccn1. The lowest BCUT2D eigenvalue weighted by molar-refractivity contribution is -0.128. The highest BCUT2D eigenvalue weighted by Gasteiger charge is 2.13. The molecule has 0 atom stereocenters. The summed E-state index contributed by atoms with van der Waals surface area (Å²) in [7, 11) is 0. The monoisotopic (exact) mass is 235 g/mol. The first-order chi connectivity index (χ1) is 8.22. The van der Waals surface area contributed by atoms with E-state index in [0.29, 0.717) is 32.1 Å². The van der Waals surface area contributed by atoms with Gasteiger partial charge in [0.1, 0.15) is 11.6 Å². The molecule has 1 aliphatic carbocycles. The molecule has 1 heterocycles. The Labute approximate surface area is 101 Å². The number of Topliss-reactive ketones (excluding diaryl/α,β-unsaturated/α-hetero) is 2. The van der Waals surface area contributed by atoms with Gasteiger partial charge in [-0.25, -0.2) is 0 Å². The van der Waals surface area contributed by atoms with Gasteiger partial charge in [0, 0.05) is 50.6 Å². The van der Waals surface area contributed by atoms with Crippen molar-refractivity contribution < 1.29 is 14.7 Å². The molecule has 0 unspecified atom stereocenters. The van der Waals surface area contributed by atoms with Crippen molar-refractivity contribution in [2.75, 3.05) is 6.61 Å². The van der Waals surface area contributed by atoms with Crippen LogP contribution < -0.4 is 0 Å². The van der Waals surface area contributed by atoms with Crippen LogP contribution in [-0.4, -0.2) is 28.3 Å². The number of ketones is 2. The molecule has 1 aromatic heterocycles. The van der Waals surface area contributed by atoms with Crippen molar-refractivity contribution in [1.29, 1.82) is 0 Å². The molecule has 0 radical (unpaired) electrons. The van der Waals surface area contributed by atoms with Gasteiger partial charge in [-0.05, 0) is 12.1 Å². The Morgan fingerprint density at radius 3 is 2.06 bits per heavy atom. The van der Waals surface area contributed by atoms with Crippen LogP contribution in [0.25, 0.3) is 0 Å². The fourth-order valence-corrected chi connectivity index (χ4v) is 1.47. The van der Waals surface area contributed by atoms with Crippen molar-refractivity contribution in [3.63, 3.8) is 0 Å². The van der Waals surface area contributed by atoms with Gasteiger partial charge in [0.2, 0.25) is 0 Å². The number of carbonyl (C=O) groups is 2. The Bertz CT molecular complexity index is 334. The largest absolute Gasteiger partial charge is 0.396 e. The molecule has 0 aliphatic heterocycles. The second kappa shape index (κ2) is 7.68. The highest BCUT2D eigenvalue weighted by atomic mass is 16.3. The molecule has 0 saturated heterocycles. The van der Waals surface area contributed by atoms with E-state index in [0.717, 1.165) is 5.69 Å². The Hall–Kier alpha value is -1.55. The molecule has 4 nitrogen and oxygen atoms in total. The molecule has 0 aromatic carbocycles. The first-order valence-electron chi connectivity index (χ1n) is 5.76. The highest BCUT2D eigenvalue weighted by Crippen LogP contribution is 2.09. The first kappa shape index (κ1) is 13.5. The predicted molar refractivity (Wildman–Crippen MR) is 63.5 cm³/mol. The quantitative estimate of drug-likeness (QED) is 0.839. The maximum atomic E-state index is 10.5. The molecule has 0 bridgehead atoms. The van der Waals surface area contributed by atoms with Crippen molar-refractivity contribution in [1.82, 2.24) is 4.98 Å². The number of hydrogen-bond acceptors (Lipinski definition) is 4. The van der Waals surface area contributed by atoms with Crippen molar-refractivity contribution in [2.45, 2.75) is 32.1 Å². The number of aliphatic hydroxyl groups is 1. The number of pyridine rings is 1. The van der Waals surface area contributed by atoms with Gasteiger partial charge in [-0.2, -0.15) is 0 Å². The van der Waals surface area contributed by atoms with E-state index in [4.69, 9.17) is 5.11 Å². The molecular formula is C13H17NO3. The summed E-state index contributed by atoms with van der Waals surface area (Å²) < 4.78 is 0. The minimum atomic E-state index is 0.178. The molecule has 17 heavy (non-hydrogen) atoms. The summed E-state index contributed by atoms with van der Waals surface area (Å²) in [5, 5.41) is 8.48. The summed E-state index contributed by atoms with van der Waals surface area (Å²) in [6, 6.07) is 5.68. The van der Waals surface area contributed by atoms with Gasteiger partial charge in [0.05, 0.1) is 0 Å². The van der Waals surface area contributed by atoms with E-state index in [1.807, 2.05) is 18.2 Å². The molecule has 1 saturated carbocycles. The number of rotatable bonds is 2. The second-order valence-electron chi connectivity index (χ2n) is 3.87. The lowest BCUT2D eigenvalue weighted by Gasteiger charge is -2.04. The first-order valence-corrected chi connectivity index (χ1v) is 5.76. The van der Waals surface area contributed by atoms with E-state index in [9.17, 15) is 9.59 Å². The van der Waals surface area contributed by atoms with E-state index in [1.165, 1.54) is 0 Å². The fourth-order valence-electron chi connectivity index (χ4n) is 1.47. The van der Waals surface area contributed by atoms with Gasteiger partial charge in [-0.3, -0.25) is 14.6 Å². The third-order valence-electron chi connectivity index (χ3n) is 2.46. The van der Waals surface area contributed by atoms with Crippen LogP contribution in [0.4, 0.5) is 0 Å². The number of aliphatic hydroxyl groups excluding tert-OH is 1. The smallest absolute Gasteiger partial charge is 0.133 e. The maximum Gasteiger partial charge on any atom is 0.133 e. The molecule has 1 fully saturated rings. The van der Waals surface area contributed by atoms with Gasteiger partial charge in [-0.1, -0.05) is 6.07 Å². The van der Waals surface area contributed by atoms with Gasteiger partial charge < -0.3 is 5.11 Å². The van der Waals surface area contributed by atoms with E-state index in [2.05, 4.69) is 4.98 Å². The summed E-state index contributed by atoms with van der Waals surface area (Å²) in [5.74, 6) is 0.481. The van der Waals surface area contributed by atoms with Gasteiger partial charge in [-0.15, -0.1) is 0 Å². The van der Waals surface area contributed by atoms with E-state index in [-0.39, 0.29) is 18.2 Å². The van der Waals surface area contributed by atoms with Crippen LogP contribution in [0.15, 0.2) is 24.4 Å². The summed E-state index contributed by atoms with van der Waals surface area (Å²) in [6.45, 7) is 0.178. The van der Waals surface area contributed by atoms with Gasteiger partial charge in [0.25, 0.3) is 0 Å². The predicted octanol–water partition coefficient (Wildman–Crippen LogP) is 1.31. The van der Waals surface area contributed by atoms with Gasteiger partial charge in [0.15, 0.2) is 0 Å². The lowest BCUT2D eigenvalue weighted by Crippen LogP contribution is -2.12. The van der Waals surface area contributed by atoms with Crippen LogP contribution in [0.3, 0.4) is 0 Å². The number of nitrogens with zero attached hydrogens (tertiary/aromatic N) is 1. The highest BCUT2D eigenvalue weighted by molar-refractivity contribution is 5.92. The van der Waals surface area contributed by atoms with E-state index >= 15 is 0 Å². The molecule has 0 spiro atoms. The zero-order valence-corrected chi connectivity index (χ0v) is 9.76. The third-order valence-corrected chi connectivity index (χ3v) is 2.46. The van der Waals surface area contributed by atoms with Crippen LogP contribution >= 0.6 is 0 Å². The number of carbonyl (C=O) groups excluding carboxylic acids is 2. The van der Waals surface area contributed by atoms with Crippen LogP contribution in [0.1, 0.15) is 31.4 Å². The van der Waals surface area contributed by atoms with Crippen LogP contribution in [0, 0.1) is 0 Å². The van der Waals surface area contributed by atoms with Crippen LogP contribution in [0.5, 0.6) is 0 Å². The van der Waals surface area contributed by atoms with Crippen molar-refractivity contribution in [3.05, 3.63) is 30.1 Å². The minimum absolute atomic E-state index is 0.178. The standard InChI is InChI=1S/C7H9NO.C6H8O2/c9-6-4-7-3-1-2-5-8-7;7-5-1-2-6(8)4-3-5/h1-3,5,9H,4,6H2;1-4H2. The summed E-state index contributed by atoms with van der Waals surface area (Å²) in [5.41, 5.74) is 0.944. The number of hydrogen-bond donors (Lipinski definition) is 1. The Kier molecular flexibility index (Phi) is 6.10. The molecule has 1 aromatic rings. The van der Waals surface area contributed by atoms with Crippen LogP contribution in [0.2, 0.25) is 0 Å². The summed E-state index contributed by atoms with van der Waals surface area (Å²) >= 11 is 0. The van der Waals surface area contributed by atoms with E-state index < -0.39 is 0 Å². The van der Waals surface area contributed by atoms with E-state index in [1.54, 1.807) is 6.20 Å². The van der Waals surface area contributed by atoms with Gasteiger partial charge >= 0.3 is 0 Å². The topological polar surface area (TPSA) is 67.3 Å². The van der Waals surface area contributed by atoms with Crippen molar-refractivity contribution in [2.24, 2.45) is 0 Å². The third kappa shape index (κ3) is 5.92. The maximum absolute atomic E-state index is 10.5. The molecular weight excluding hydrogens is 218 g/mol. The molecule has 4 heteroatoms. The second-order valence-corrected chi connectivity index (χ2v) is 3.87. The fraction of sp³-hybridized carbons (Fsp3) is 0.462.